The van der Waals surface area contributed by atoms with Gasteiger partial charge < -0.3 is 20.0 Å². The van der Waals surface area contributed by atoms with E-state index in [1.807, 2.05) is 6.07 Å². The van der Waals surface area contributed by atoms with Crippen LogP contribution in [0.1, 0.15) is 12.0 Å². The molecule has 0 saturated carbocycles. The monoisotopic (exact) mass is 309 g/mol. The zero-order valence-corrected chi connectivity index (χ0v) is 12.0. The van der Waals surface area contributed by atoms with Crippen molar-refractivity contribution in [3.05, 3.63) is 53.8 Å². The number of phenolic OH excluding ortho intramolecular Hbond substituents is 1. The summed E-state index contributed by atoms with van der Waals surface area (Å²) in [4.78, 5) is 17.9. The summed E-state index contributed by atoms with van der Waals surface area (Å²) >= 11 is 0. The highest BCUT2D eigenvalue weighted by Gasteiger charge is 2.24. The first-order valence-electron chi connectivity index (χ1n) is 6.36. The van der Waals surface area contributed by atoms with Gasteiger partial charge in [-0.15, -0.1) is 0 Å². The fourth-order valence-corrected chi connectivity index (χ4v) is 2.71. The molecule has 0 amide bonds. The first-order valence-corrected chi connectivity index (χ1v) is 7.92. The van der Waals surface area contributed by atoms with Crippen LogP contribution >= 0.6 is 7.75 Å². The smallest absolute Gasteiger partial charge is 0.448 e. The van der Waals surface area contributed by atoms with Crippen molar-refractivity contribution in [2.75, 3.05) is 0 Å². The van der Waals surface area contributed by atoms with Crippen molar-refractivity contribution in [1.82, 2.24) is 0 Å². The molecular weight excluding hydrogens is 293 g/mol. The average molecular weight is 309 g/mol. The maximum atomic E-state index is 11.0. The van der Waals surface area contributed by atoms with Gasteiger partial charge in [0.05, 0.1) is 11.6 Å². The third-order valence-corrected chi connectivity index (χ3v) is 3.62. The van der Waals surface area contributed by atoms with Gasteiger partial charge in [0.1, 0.15) is 11.5 Å². The number of nitrogens with zero attached hydrogens (tertiary/aromatic N) is 1. The highest BCUT2D eigenvalue weighted by Crippen LogP contribution is 2.38. The van der Waals surface area contributed by atoms with Crippen molar-refractivity contribution in [2.45, 2.75) is 12.8 Å². The highest BCUT2D eigenvalue weighted by atomic mass is 31.2. The van der Waals surface area contributed by atoms with E-state index in [1.165, 1.54) is 18.2 Å². The molecule has 0 heterocycles. The third-order valence-electron chi connectivity index (χ3n) is 3.13. The normalized spacial score (nSPS) is 20.6. The number of hydrogen-bond donors (Lipinski definition) is 4. The summed E-state index contributed by atoms with van der Waals surface area (Å²) in [6.45, 7) is 0. The molecule has 0 aliphatic heterocycles. The lowest BCUT2D eigenvalue weighted by atomic mass is 9.90. The van der Waals surface area contributed by atoms with Crippen molar-refractivity contribution in [1.29, 1.82) is 0 Å². The van der Waals surface area contributed by atoms with Gasteiger partial charge in [0.25, 0.3) is 0 Å². The molecule has 0 spiro atoms. The number of aryl methyl sites for hydroxylation is 1. The molecule has 1 unspecified atom stereocenters. The Labute approximate surface area is 122 Å². The van der Waals surface area contributed by atoms with Gasteiger partial charge in [-0.3, -0.25) is 0 Å². The second kappa shape index (κ2) is 6.26. The fraction of sp³-hybridized carbons (Fsp3) is 0.214. The fourth-order valence-electron chi connectivity index (χ4n) is 2.20. The van der Waals surface area contributed by atoms with E-state index in [4.69, 9.17) is 9.79 Å². The van der Waals surface area contributed by atoms with Crippen molar-refractivity contribution < 1.29 is 24.6 Å². The minimum absolute atomic E-state index is 0.0184. The van der Waals surface area contributed by atoms with Crippen LogP contribution in [-0.4, -0.2) is 25.7 Å². The number of phenols is 1. The van der Waals surface area contributed by atoms with Gasteiger partial charge in [0.2, 0.25) is 0 Å². The second-order valence-corrected chi connectivity index (χ2v) is 5.98. The Hall–Kier alpha value is -1.88. The average Bonchev–Trinajstić information content (AvgIpc) is 2.36. The lowest BCUT2D eigenvalue weighted by Gasteiger charge is -2.19. The van der Waals surface area contributed by atoms with Crippen molar-refractivity contribution in [3.63, 3.8) is 0 Å². The quantitative estimate of drug-likeness (QED) is 0.639. The Morgan fingerprint density at radius 1 is 1.24 bits per heavy atom. The maximum absolute atomic E-state index is 11.0. The Bertz CT molecular complexity index is 659. The van der Waals surface area contributed by atoms with Crippen LogP contribution in [0.2, 0.25) is 0 Å². The molecule has 1 aromatic rings. The molecule has 0 aromatic heterocycles. The predicted octanol–water partition coefficient (Wildman–Crippen LogP) is 2.49. The molecule has 0 bridgehead atoms. The molecule has 1 aromatic carbocycles. The molecule has 1 atom stereocenters. The molecule has 112 valence electrons. The Balaban J connectivity index is 2.15. The molecule has 7 heteroatoms. The van der Waals surface area contributed by atoms with E-state index in [0.717, 1.165) is 5.56 Å². The lowest BCUT2D eigenvalue weighted by molar-refractivity contribution is 0.355. The van der Waals surface area contributed by atoms with Crippen LogP contribution in [0.25, 0.3) is 0 Å². The molecular formula is C14H16NO5P. The maximum Gasteiger partial charge on any atom is 0.448 e. The SMILES string of the molecule is O=P(O)(O)/N=C1\C=CC=C(O)C1CCc1cccc(O)c1. The molecule has 0 saturated heterocycles. The molecule has 1 aliphatic rings. The van der Waals surface area contributed by atoms with Gasteiger partial charge in [-0.25, -0.2) is 4.57 Å². The summed E-state index contributed by atoms with van der Waals surface area (Å²) < 4.78 is 14.4. The van der Waals surface area contributed by atoms with Gasteiger partial charge in [-0.05, 0) is 42.7 Å². The number of benzene rings is 1. The number of aromatic hydroxyl groups is 1. The molecule has 0 radical (unpaired) electrons. The van der Waals surface area contributed by atoms with Crippen molar-refractivity contribution >= 4 is 13.5 Å². The van der Waals surface area contributed by atoms with Gasteiger partial charge in [-0.1, -0.05) is 18.2 Å². The number of aliphatic hydroxyl groups is 1. The molecule has 1 aliphatic carbocycles. The number of rotatable bonds is 4. The van der Waals surface area contributed by atoms with E-state index in [9.17, 15) is 14.8 Å². The zero-order valence-electron chi connectivity index (χ0n) is 11.1. The highest BCUT2D eigenvalue weighted by molar-refractivity contribution is 7.50. The number of allylic oxidation sites excluding steroid dienone is 4. The second-order valence-electron chi connectivity index (χ2n) is 4.75. The van der Waals surface area contributed by atoms with Gasteiger partial charge in [0.15, 0.2) is 0 Å². The van der Waals surface area contributed by atoms with Crippen molar-refractivity contribution in [3.8, 4) is 5.75 Å². The van der Waals surface area contributed by atoms with Crippen LogP contribution in [-0.2, 0) is 11.0 Å². The topological polar surface area (TPSA) is 110 Å². The first kappa shape index (κ1) is 15.5. The van der Waals surface area contributed by atoms with E-state index in [0.29, 0.717) is 12.8 Å². The molecule has 6 nitrogen and oxygen atoms in total. The standard InChI is InChI=1S/C14H16NO5P/c16-11-4-1-3-10(9-11)7-8-12-13(15-21(18,19)20)5-2-6-14(12)17/h1-6,9,12,16-17H,7-8H2,(H2,18,19,20)/b15-13+. The zero-order chi connectivity index (χ0) is 15.5. The minimum Gasteiger partial charge on any atom is -0.512 e. The Morgan fingerprint density at radius 3 is 2.67 bits per heavy atom. The predicted molar refractivity (Wildman–Crippen MR) is 79.2 cm³/mol. The molecule has 4 N–H and O–H groups in total. The van der Waals surface area contributed by atoms with E-state index < -0.39 is 13.7 Å². The summed E-state index contributed by atoms with van der Waals surface area (Å²) in [6.07, 6.45) is 5.41. The Kier molecular flexibility index (Phi) is 4.63. The van der Waals surface area contributed by atoms with Crippen LogP contribution in [0.5, 0.6) is 5.75 Å². The van der Waals surface area contributed by atoms with Crippen LogP contribution in [0, 0.1) is 5.92 Å². The summed E-state index contributed by atoms with van der Waals surface area (Å²) in [6, 6.07) is 6.72. The van der Waals surface area contributed by atoms with Gasteiger partial charge in [0, 0.05) is 0 Å². The lowest BCUT2D eigenvalue weighted by Crippen LogP contribution is -2.18. The summed E-state index contributed by atoms with van der Waals surface area (Å²) in [5.74, 6) is -0.394. The summed E-state index contributed by atoms with van der Waals surface area (Å²) in [5, 5.41) is 19.3. The number of hydrogen-bond acceptors (Lipinski definition) is 3. The molecule has 21 heavy (non-hydrogen) atoms. The molecule has 2 rings (SSSR count). The van der Waals surface area contributed by atoms with Gasteiger partial charge >= 0.3 is 7.75 Å². The van der Waals surface area contributed by atoms with E-state index in [1.54, 1.807) is 18.2 Å². The summed E-state index contributed by atoms with van der Waals surface area (Å²) in [7, 11) is -4.54. The van der Waals surface area contributed by atoms with Crippen LogP contribution < -0.4 is 0 Å². The van der Waals surface area contributed by atoms with Crippen LogP contribution in [0.15, 0.2) is 53.0 Å². The van der Waals surface area contributed by atoms with E-state index in [-0.39, 0.29) is 17.2 Å². The van der Waals surface area contributed by atoms with Gasteiger partial charge in [-0.2, -0.15) is 4.76 Å². The molecule has 0 fully saturated rings. The van der Waals surface area contributed by atoms with E-state index in [2.05, 4.69) is 4.76 Å². The largest absolute Gasteiger partial charge is 0.512 e. The van der Waals surface area contributed by atoms with Crippen LogP contribution in [0.3, 0.4) is 0 Å². The van der Waals surface area contributed by atoms with Crippen LogP contribution in [0.4, 0.5) is 0 Å². The third kappa shape index (κ3) is 4.56. The number of aliphatic hydroxyl groups excluding tert-OH is 1. The first-order chi connectivity index (χ1) is 9.85. The Morgan fingerprint density at radius 2 is 2.00 bits per heavy atom. The minimum atomic E-state index is -4.54. The summed E-state index contributed by atoms with van der Waals surface area (Å²) in [5.41, 5.74) is 1.02. The van der Waals surface area contributed by atoms with Crippen molar-refractivity contribution in [2.24, 2.45) is 10.7 Å². The van der Waals surface area contributed by atoms with E-state index >= 15 is 0 Å².